The highest BCUT2D eigenvalue weighted by Crippen LogP contribution is 2.27. The summed E-state index contributed by atoms with van der Waals surface area (Å²) in [6, 6.07) is 11.0. The van der Waals surface area contributed by atoms with Gasteiger partial charge in [0.1, 0.15) is 6.04 Å². The number of aromatic carboxylic acids is 1. The predicted octanol–water partition coefficient (Wildman–Crippen LogP) is 2.28. The fourth-order valence-electron chi connectivity index (χ4n) is 5.34. The van der Waals surface area contributed by atoms with E-state index < -0.39 is 54.1 Å². The second-order valence-electron chi connectivity index (χ2n) is 10.6. The number of benzene rings is 2. The minimum atomic E-state index is -1.85. The summed E-state index contributed by atoms with van der Waals surface area (Å²) in [7, 11) is 0. The van der Waals surface area contributed by atoms with Gasteiger partial charge in [-0.05, 0) is 61.9 Å². The molecule has 1 fully saturated rings. The molecule has 0 aliphatic carbocycles. The molecule has 2 unspecified atom stereocenters. The molecule has 2 aromatic rings. The van der Waals surface area contributed by atoms with Gasteiger partial charge in [-0.15, -0.1) is 0 Å². The Morgan fingerprint density at radius 3 is 2.25 bits per heavy atom. The largest absolute Gasteiger partial charge is 0.481 e. The van der Waals surface area contributed by atoms with E-state index >= 15 is 0 Å². The summed E-state index contributed by atoms with van der Waals surface area (Å²) >= 11 is 0. The number of amides is 3. The van der Waals surface area contributed by atoms with Crippen LogP contribution in [0.2, 0.25) is 0 Å². The van der Waals surface area contributed by atoms with Crippen molar-refractivity contribution < 1.29 is 44.1 Å². The summed E-state index contributed by atoms with van der Waals surface area (Å²) in [4.78, 5) is 76.1. The predicted molar refractivity (Wildman–Crippen MR) is 161 cm³/mol. The molecular weight excluding hydrogens is 572 g/mol. The molecule has 236 valence electrons. The highest BCUT2D eigenvalue weighted by Gasteiger charge is 2.33. The minimum Gasteiger partial charge on any atom is -0.481 e. The third-order valence-electron chi connectivity index (χ3n) is 7.39. The van der Waals surface area contributed by atoms with Crippen molar-refractivity contribution in [1.82, 2.24) is 10.6 Å². The molecule has 0 spiro atoms. The molecule has 5 N–H and O–H groups in total. The first-order valence-corrected chi connectivity index (χ1v) is 14.5. The topological polar surface area (TPSA) is 194 Å². The number of nitrogens with one attached hydrogen (secondary N) is 2. The van der Waals surface area contributed by atoms with Crippen LogP contribution in [0.1, 0.15) is 61.4 Å². The van der Waals surface area contributed by atoms with Gasteiger partial charge in [-0.1, -0.05) is 24.3 Å². The lowest BCUT2D eigenvalue weighted by Gasteiger charge is -2.31. The van der Waals surface area contributed by atoms with Crippen molar-refractivity contribution in [2.24, 2.45) is 0 Å². The van der Waals surface area contributed by atoms with Gasteiger partial charge in [0.15, 0.2) is 0 Å². The van der Waals surface area contributed by atoms with Gasteiger partial charge < -0.3 is 30.9 Å². The number of piperidine rings is 1. The van der Waals surface area contributed by atoms with Gasteiger partial charge in [-0.25, -0.2) is 9.59 Å². The molecule has 0 radical (unpaired) electrons. The number of carbonyl (C=O) groups is 6. The van der Waals surface area contributed by atoms with Crippen LogP contribution < -0.4 is 20.4 Å². The van der Waals surface area contributed by atoms with Crippen LogP contribution in [0.3, 0.4) is 0 Å². The van der Waals surface area contributed by atoms with E-state index in [1.165, 1.54) is 37.6 Å². The average molecular weight is 611 g/mol. The highest BCUT2D eigenvalue weighted by molar-refractivity contribution is 6.37. The van der Waals surface area contributed by atoms with Crippen LogP contribution in [0.15, 0.2) is 48.5 Å². The van der Waals surface area contributed by atoms with Crippen molar-refractivity contribution in [2.45, 2.75) is 64.0 Å². The average Bonchev–Trinajstić information content (AvgIpc) is 2.99. The molecule has 13 heteroatoms. The van der Waals surface area contributed by atoms with Crippen LogP contribution in [-0.4, -0.2) is 82.7 Å². The molecule has 1 saturated heterocycles. The van der Waals surface area contributed by atoms with Gasteiger partial charge >= 0.3 is 23.8 Å². The Morgan fingerprint density at radius 2 is 1.61 bits per heavy atom. The maximum absolute atomic E-state index is 13.3. The molecule has 3 amide bonds. The maximum Gasteiger partial charge on any atom is 0.394 e. The Kier molecular flexibility index (Phi) is 12.2. The van der Waals surface area contributed by atoms with Gasteiger partial charge in [0.2, 0.25) is 11.8 Å². The third-order valence-corrected chi connectivity index (χ3v) is 7.39. The van der Waals surface area contributed by atoms with Crippen LogP contribution >= 0.6 is 0 Å². The lowest BCUT2D eigenvalue weighted by molar-refractivity contribution is -0.149. The summed E-state index contributed by atoms with van der Waals surface area (Å²) in [5.74, 6) is -6.85. The molecule has 0 aromatic heterocycles. The van der Waals surface area contributed by atoms with Gasteiger partial charge in [0.05, 0.1) is 11.3 Å². The number of hydrogen-bond donors (Lipinski definition) is 5. The number of para-hydroxylation sites is 1. The van der Waals surface area contributed by atoms with Crippen molar-refractivity contribution in [3.05, 3.63) is 59.7 Å². The Hall–Kier alpha value is -4.94. The van der Waals surface area contributed by atoms with Gasteiger partial charge in [0.25, 0.3) is 0 Å². The first-order chi connectivity index (χ1) is 21.0. The Bertz CT molecular complexity index is 1370. The smallest absolute Gasteiger partial charge is 0.394 e. The molecule has 0 saturated carbocycles. The number of anilines is 2. The van der Waals surface area contributed by atoms with Gasteiger partial charge in [-0.3, -0.25) is 24.1 Å². The Balaban J connectivity index is 1.79. The number of carbonyl (C=O) groups excluding carboxylic acids is 3. The van der Waals surface area contributed by atoms with E-state index in [4.69, 9.17) is 0 Å². The van der Waals surface area contributed by atoms with Crippen LogP contribution in [0.25, 0.3) is 0 Å². The molecule has 2 atom stereocenters. The molecule has 0 bridgehead atoms. The van der Waals surface area contributed by atoms with Crippen molar-refractivity contribution in [2.75, 3.05) is 29.4 Å². The maximum atomic E-state index is 13.3. The highest BCUT2D eigenvalue weighted by atomic mass is 16.4. The summed E-state index contributed by atoms with van der Waals surface area (Å²) in [5.41, 5.74) is 1.32. The van der Waals surface area contributed by atoms with Crippen LogP contribution in [0.4, 0.5) is 11.4 Å². The van der Waals surface area contributed by atoms with Crippen molar-refractivity contribution in [3.63, 3.8) is 0 Å². The zero-order chi connectivity index (χ0) is 32.2. The van der Waals surface area contributed by atoms with Crippen LogP contribution in [0.5, 0.6) is 0 Å². The van der Waals surface area contributed by atoms with Gasteiger partial charge in [0, 0.05) is 51.1 Å². The van der Waals surface area contributed by atoms with Crippen molar-refractivity contribution >= 4 is 47.0 Å². The molecule has 44 heavy (non-hydrogen) atoms. The monoisotopic (exact) mass is 610 g/mol. The van der Waals surface area contributed by atoms with E-state index in [0.29, 0.717) is 0 Å². The molecule has 1 aliphatic rings. The number of carboxylic acids is 3. The van der Waals surface area contributed by atoms with Crippen LogP contribution in [-0.2, 0) is 30.4 Å². The third kappa shape index (κ3) is 9.54. The van der Waals surface area contributed by atoms with E-state index in [1.54, 1.807) is 0 Å². The molecular formula is C31H38N4O9. The first-order valence-electron chi connectivity index (χ1n) is 14.5. The second kappa shape index (κ2) is 16.1. The molecule has 13 nitrogen and oxygen atoms in total. The number of nitrogens with zero attached hydrogens (tertiary/aromatic N) is 2. The van der Waals surface area contributed by atoms with E-state index in [0.717, 1.165) is 42.1 Å². The van der Waals surface area contributed by atoms with E-state index in [2.05, 4.69) is 15.5 Å². The molecule has 1 aliphatic heterocycles. The standard InChI is InChI=1S/C31H38N4O9/c1-20(36)33-25(19-21-8-7-9-23(18-21)34-16-5-2-6-17-34)28(39)32-15-14-22(12-13-27(37)38)35(29(40)31(43)44)26-11-4-3-10-24(26)30(41)42/h3-4,7-11,18,22,25H,2,5-6,12-17,19H2,1H3,(H,32,39)(H,33,36)(H,37,38)(H,41,42)(H,43,44). The van der Waals surface area contributed by atoms with Crippen LogP contribution in [0, 0.1) is 0 Å². The van der Waals surface area contributed by atoms with E-state index in [1.807, 2.05) is 24.3 Å². The van der Waals surface area contributed by atoms with Gasteiger partial charge in [-0.2, -0.15) is 0 Å². The number of hydrogen-bond acceptors (Lipinski definition) is 7. The fourth-order valence-corrected chi connectivity index (χ4v) is 5.34. The quantitative estimate of drug-likeness (QED) is 0.198. The summed E-state index contributed by atoms with van der Waals surface area (Å²) < 4.78 is 0. The lowest BCUT2D eigenvalue weighted by Crippen LogP contribution is -2.49. The lowest BCUT2D eigenvalue weighted by atomic mass is 10.0. The zero-order valence-corrected chi connectivity index (χ0v) is 24.5. The number of aliphatic carboxylic acids is 2. The first kappa shape index (κ1) is 33.6. The van der Waals surface area contributed by atoms with Crippen molar-refractivity contribution in [1.29, 1.82) is 0 Å². The van der Waals surface area contributed by atoms with Crippen molar-refractivity contribution in [3.8, 4) is 0 Å². The fraction of sp³-hybridized carbons (Fsp3) is 0.419. The zero-order valence-electron chi connectivity index (χ0n) is 24.5. The number of carboxylic acid groups (broad SMARTS) is 3. The molecule has 1 heterocycles. The Morgan fingerprint density at radius 1 is 0.909 bits per heavy atom. The summed E-state index contributed by atoms with van der Waals surface area (Å²) in [6.07, 6.45) is 2.84. The number of rotatable bonds is 14. The molecule has 3 rings (SSSR count). The second-order valence-corrected chi connectivity index (χ2v) is 10.6. The SMILES string of the molecule is CC(=O)NC(Cc1cccc(N2CCCCC2)c1)C(=O)NCCC(CCC(=O)O)N(C(=O)C(=O)O)c1ccccc1C(=O)O. The summed E-state index contributed by atoms with van der Waals surface area (Å²) in [6.45, 7) is 3.06. The minimum absolute atomic E-state index is 0.0940. The summed E-state index contributed by atoms with van der Waals surface area (Å²) in [5, 5.41) is 33.8. The molecule has 2 aromatic carbocycles. The normalized spacial score (nSPS) is 14.2. The van der Waals surface area contributed by atoms with E-state index in [-0.39, 0.29) is 37.1 Å². The Labute approximate surface area is 254 Å². The van der Waals surface area contributed by atoms with E-state index in [9.17, 15) is 44.1 Å².